The Morgan fingerprint density at radius 1 is 1.35 bits per heavy atom. The van der Waals surface area contributed by atoms with Gasteiger partial charge in [-0.25, -0.2) is 0 Å². The first-order valence-corrected chi connectivity index (χ1v) is 7.02. The highest BCUT2D eigenvalue weighted by molar-refractivity contribution is 5.96. The third-order valence-electron chi connectivity index (χ3n) is 3.69. The van der Waals surface area contributed by atoms with E-state index in [4.69, 9.17) is 13.4 Å². The van der Waals surface area contributed by atoms with Gasteiger partial charge in [0.25, 0.3) is 5.91 Å². The van der Waals surface area contributed by atoms with Crippen molar-refractivity contribution in [1.82, 2.24) is 10.5 Å². The first-order valence-electron chi connectivity index (χ1n) is 7.02. The molecule has 0 unspecified atom stereocenters. The minimum atomic E-state index is -1.54. The third kappa shape index (κ3) is 2.66. The number of nitrogens with zero attached hydrogens (tertiary/aromatic N) is 1. The fraction of sp³-hybridized carbons (Fsp3) is 0.250. The Labute approximate surface area is 131 Å². The summed E-state index contributed by atoms with van der Waals surface area (Å²) < 4.78 is 15.3. The molecule has 2 N–H and O–H groups in total. The molecule has 0 aliphatic carbocycles. The number of rotatable bonds is 5. The maximum absolute atomic E-state index is 12.4. The molecule has 7 heteroatoms. The maximum Gasteiger partial charge on any atom is 0.256 e. The summed E-state index contributed by atoms with van der Waals surface area (Å²) in [5, 5.41) is 17.5. The van der Waals surface area contributed by atoms with Crippen molar-refractivity contribution in [2.45, 2.75) is 19.4 Å². The number of hydrogen-bond acceptors (Lipinski definition) is 6. The van der Waals surface area contributed by atoms with Crippen molar-refractivity contribution < 1.29 is 23.3 Å². The lowest BCUT2D eigenvalue weighted by Gasteiger charge is -2.25. The zero-order valence-corrected chi connectivity index (χ0v) is 12.7. The molecule has 23 heavy (non-hydrogen) atoms. The van der Waals surface area contributed by atoms with Crippen LogP contribution < -0.4 is 5.32 Å². The molecule has 0 saturated carbocycles. The zero-order valence-electron chi connectivity index (χ0n) is 12.7. The van der Waals surface area contributed by atoms with Crippen LogP contribution in [0.25, 0.3) is 0 Å². The van der Waals surface area contributed by atoms with Crippen LogP contribution in [0.5, 0.6) is 0 Å². The van der Waals surface area contributed by atoms with Gasteiger partial charge in [-0.3, -0.25) is 4.79 Å². The van der Waals surface area contributed by atoms with Crippen LogP contribution in [0.2, 0.25) is 0 Å². The minimum Gasteiger partial charge on any atom is -0.472 e. The number of furan rings is 2. The van der Waals surface area contributed by atoms with Crippen molar-refractivity contribution >= 4 is 5.91 Å². The molecule has 0 spiro atoms. The van der Waals surface area contributed by atoms with Gasteiger partial charge in [0.1, 0.15) is 17.1 Å². The van der Waals surface area contributed by atoms with Crippen LogP contribution in [-0.4, -0.2) is 22.7 Å². The van der Waals surface area contributed by atoms with Gasteiger partial charge < -0.3 is 23.8 Å². The van der Waals surface area contributed by atoms with Gasteiger partial charge in [0.15, 0.2) is 5.60 Å². The average Bonchev–Trinajstić information content (AvgIpc) is 3.27. The highest BCUT2D eigenvalue weighted by Gasteiger charge is 2.36. The SMILES string of the molecule is Cc1noc(C)c1C(=O)NC[C@](O)(c1ccoc1)c1ccco1. The summed E-state index contributed by atoms with van der Waals surface area (Å²) in [6.07, 6.45) is 4.31. The number of carbonyl (C=O) groups is 1. The normalized spacial score (nSPS) is 13.7. The molecule has 0 aliphatic rings. The largest absolute Gasteiger partial charge is 0.472 e. The number of nitrogens with one attached hydrogen (secondary N) is 1. The summed E-state index contributed by atoms with van der Waals surface area (Å²) in [4.78, 5) is 12.4. The number of aryl methyl sites for hydroxylation is 2. The Morgan fingerprint density at radius 2 is 2.17 bits per heavy atom. The molecule has 0 radical (unpaired) electrons. The van der Waals surface area contributed by atoms with Crippen molar-refractivity contribution in [3.8, 4) is 0 Å². The monoisotopic (exact) mass is 316 g/mol. The minimum absolute atomic E-state index is 0.0943. The number of carbonyl (C=O) groups excluding carboxylic acids is 1. The molecule has 0 fully saturated rings. The van der Waals surface area contributed by atoms with Gasteiger partial charge in [-0.05, 0) is 32.0 Å². The first-order chi connectivity index (χ1) is 11.0. The molecule has 1 atom stereocenters. The first kappa shape index (κ1) is 15.1. The van der Waals surface area contributed by atoms with Crippen molar-refractivity contribution in [3.05, 3.63) is 65.3 Å². The molecule has 7 nitrogen and oxygen atoms in total. The third-order valence-corrected chi connectivity index (χ3v) is 3.69. The fourth-order valence-electron chi connectivity index (χ4n) is 2.45. The van der Waals surface area contributed by atoms with Gasteiger partial charge in [-0.2, -0.15) is 0 Å². The van der Waals surface area contributed by atoms with Crippen LogP contribution in [-0.2, 0) is 5.60 Å². The Balaban J connectivity index is 1.85. The number of hydrogen-bond donors (Lipinski definition) is 2. The highest BCUT2D eigenvalue weighted by atomic mass is 16.5. The molecule has 3 aromatic rings. The summed E-state index contributed by atoms with van der Waals surface area (Å²) in [6, 6.07) is 4.91. The van der Waals surface area contributed by atoms with E-state index in [0.717, 1.165) is 0 Å². The molecule has 0 saturated heterocycles. The molecule has 3 aromatic heterocycles. The van der Waals surface area contributed by atoms with Crippen molar-refractivity contribution in [2.24, 2.45) is 0 Å². The van der Waals surface area contributed by atoms with E-state index in [0.29, 0.717) is 28.3 Å². The zero-order chi connectivity index (χ0) is 16.4. The van der Waals surface area contributed by atoms with Gasteiger partial charge in [-0.15, -0.1) is 0 Å². The summed E-state index contributed by atoms with van der Waals surface area (Å²) in [5.74, 6) is 0.345. The second kappa shape index (κ2) is 5.77. The lowest BCUT2D eigenvalue weighted by Crippen LogP contribution is -2.41. The van der Waals surface area contributed by atoms with E-state index < -0.39 is 5.60 Å². The summed E-state index contributed by atoms with van der Waals surface area (Å²) in [7, 11) is 0. The van der Waals surface area contributed by atoms with Crippen molar-refractivity contribution in [2.75, 3.05) is 6.54 Å². The molecular weight excluding hydrogens is 300 g/mol. The number of aromatic nitrogens is 1. The molecule has 1 amide bonds. The van der Waals surface area contributed by atoms with Crippen LogP contribution in [0, 0.1) is 13.8 Å². The van der Waals surface area contributed by atoms with Gasteiger partial charge in [0.05, 0.1) is 31.0 Å². The van der Waals surface area contributed by atoms with Gasteiger partial charge >= 0.3 is 0 Å². The fourth-order valence-corrected chi connectivity index (χ4v) is 2.45. The van der Waals surface area contributed by atoms with Crippen molar-refractivity contribution in [1.29, 1.82) is 0 Å². The van der Waals surface area contributed by atoms with E-state index in [1.807, 2.05) is 0 Å². The Bertz CT molecular complexity index is 733. The highest BCUT2D eigenvalue weighted by Crippen LogP contribution is 2.30. The van der Waals surface area contributed by atoms with Crippen LogP contribution in [0.4, 0.5) is 0 Å². The summed E-state index contributed by atoms with van der Waals surface area (Å²) >= 11 is 0. The van der Waals surface area contributed by atoms with Crippen LogP contribution in [0.1, 0.15) is 33.1 Å². The van der Waals surface area contributed by atoms with Crippen LogP contribution in [0.3, 0.4) is 0 Å². The van der Waals surface area contributed by atoms with E-state index in [2.05, 4.69) is 10.5 Å². The molecule has 3 rings (SSSR count). The lowest BCUT2D eigenvalue weighted by molar-refractivity contribution is 0.0519. The summed E-state index contributed by atoms with van der Waals surface area (Å²) in [5.41, 5.74) is -0.208. The number of amides is 1. The Kier molecular flexibility index (Phi) is 3.79. The molecule has 0 bridgehead atoms. The van der Waals surface area contributed by atoms with Gasteiger partial charge in [-0.1, -0.05) is 5.16 Å². The van der Waals surface area contributed by atoms with Crippen LogP contribution in [0.15, 0.2) is 50.3 Å². The molecule has 0 aromatic carbocycles. The molecule has 0 aliphatic heterocycles. The van der Waals surface area contributed by atoms with Crippen LogP contribution >= 0.6 is 0 Å². The molecular formula is C16H16N2O5. The van der Waals surface area contributed by atoms with Gasteiger partial charge in [0, 0.05) is 5.56 Å². The predicted molar refractivity (Wildman–Crippen MR) is 78.7 cm³/mol. The van der Waals surface area contributed by atoms with E-state index in [1.165, 1.54) is 18.8 Å². The number of aliphatic hydroxyl groups is 1. The van der Waals surface area contributed by atoms with E-state index in [-0.39, 0.29) is 12.5 Å². The van der Waals surface area contributed by atoms with Gasteiger partial charge in [0.2, 0.25) is 0 Å². The second-order valence-corrected chi connectivity index (χ2v) is 5.23. The lowest BCUT2D eigenvalue weighted by atomic mass is 9.93. The predicted octanol–water partition coefficient (Wildman–Crippen LogP) is 2.14. The summed E-state index contributed by atoms with van der Waals surface area (Å²) in [6.45, 7) is 3.24. The Morgan fingerprint density at radius 3 is 2.74 bits per heavy atom. The smallest absolute Gasteiger partial charge is 0.256 e. The second-order valence-electron chi connectivity index (χ2n) is 5.23. The van der Waals surface area contributed by atoms with E-state index >= 15 is 0 Å². The van der Waals surface area contributed by atoms with Crippen molar-refractivity contribution in [3.63, 3.8) is 0 Å². The topological polar surface area (TPSA) is 102 Å². The quantitative estimate of drug-likeness (QED) is 0.748. The Hall–Kier alpha value is -2.80. The standard InChI is InChI=1S/C16H16N2O5/c1-10-14(11(2)23-18-10)15(19)17-9-16(20,12-5-7-21-8-12)13-4-3-6-22-13/h3-8,20H,9H2,1-2H3,(H,17,19)/t16-/m0/s1. The maximum atomic E-state index is 12.4. The molecule has 3 heterocycles. The van der Waals surface area contributed by atoms with E-state index in [9.17, 15) is 9.90 Å². The van der Waals surface area contributed by atoms with E-state index in [1.54, 1.807) is 32.0 Å². The average molecular weight is 316 g/mol. The molecule has 120 valence electrons.